The van der Waals surface area contributed by atoms with Gasteiger partial charge in [-0.2, -0.15) is 0 Å². The van der Waals surface area contributed by atoms with Gasteiger partial charge in [-0.05, 0) is 35.2 Å². The molecule has 0 aromatic heterocycles. The fourth-order valence-corrected chi connectivity index (χ4v) is 1.93. The summed E-state index contributed by atoms with van der Waals surface area (Å²) in [6.07, 6.45) is 0. The zero-order chi connectivity index (χ0) is 14.0. The maximum atomic E-state index is 5.98. The largest absolute Gasteiger partial charge is 0.455 e. The van der Waals surface area contributed by atoms with Gasteiger partial charge in [-0.25, -0.2) is 0 Å². The summed E-state index contributed by atoms with van der Waals surface area (Å²) in [5.41, 5.74) is 7.66. The van der Waals surface area contributed by atoms with E-state index in [1.165, 1.54) is 5.56 Å². The van der Waals surface area contributed by atoms with Crippen LogP contribution >= 0.6 is 11.6 Å². The number of hydrogen-bond acceptors (Lipinski definition) is 2. The molecule has 0 spiro atoms. The molecule has 100 valence electrons. The second-order valence-corrected chi connectivity index (χ2v) is 5.94. The van der Waals surface area contributed by atoms with Gasteiger partial charge in [0, 0.05) is 0 Å². The van der Waals surface area contributed by atoms with Crippen LogP contribution in [0.1, 0.15) is 26.3 Å². The Morgan fingerprint density at radius 2 is 1.74 bits per heavy atom. The summed E-state index contributed by atoms with van der Waals surface area (Å²) in [5.74, 6) is 1.35. The lowest BCUT2D eigenvalue weighted by atomic mass is 9.87. The summed E-state index contributed by atoms with van der Waals surface area (Å²) in [6, 6.07) is 13.4. The second-order valence-electron chi connectivity index (χ2n) is 5.53. The van der Waals surface area contributed by atoms with E-state index in [9.17, 15) is 0 Å². The zero-order valence-corrected chi connectivity index (χ0v) is 12.2. The van der Waals surface area contributed by atoms with Crippen LogP contribution < -0.4 is 10.5 Å². The van der Waals surface area contributed by atoms with Gasteiger partial charge in [0.25, 0.3) is 0 Å². The van der Waals surface area contributed by atoms with Crippen LogP contribution in [0.2, 0.25) is 5.02 Å². The summed E-state index contributed by atoms with van der Waals surface area (Å²) in [4.78, 5) is 0. The van der Waals surface area contributed by atoms with Crippen LogP contribution in [0.15, 0.2) is 42.5 Å². The van der Waals surface area contributed by atoms with Gasteiger partial charge in [0.15, 0.2) is 5.75 Å². The number of halogens is 1. The molecule has 0 fully saturated rings. The first-order valence-electron chi connectivity index (χ1n) is 6.20. The van der Waals surface area contributed by atoms with Crippen molar-refractivity contribution in [2.45, 2.75) is 26.2 Å². The average molecular weight is 276 g/mol. The summed E-state index contributed by atoms with van der Waals surface area (Å²) in [7, 11) is 0. The smallest absolute Gasteiger partial charge is 0.151 e. The Bertz CT molecular complexity index is 588. The number of para-hydroxylation sites is 1. The van der Waals surface area contributed by atoms with Crippen LogP contribution in [0.4, 0.5) is 5.69 Å². The van der Waals surface area contributed by atoms with Crippen molar-refractivity contribution in [1.29, 1.82) is 0 Å². The Morgan fingerprint density at radius 3 is 2.42 bits per heavy atom. The highest BCUT2D eigenvalue weighted by Gasteiger charge is 2.14. The molecular formula is C16H18ClNO. The normalized spacial score (nSPS) is 11.4. The lowest BCUT2D eigenvalue weighted by Crippen LogP contribution is -2.10. The average Bonchev–Trinajstić information content (AvgIpc) is 2.34. The third-order valence-electron chi connectivity index (χ3n) is 2.94. The Morgan fingerprint density at radius 1 is 1.05 bits per heavy atom. The minimum absolute atomic E-state index is 0.0826. The minimum atomic E-state index is 0.0826. The van der Waals surface area contributed by atoms with E-state index in [1.54, 1.807) is 6.07 Å². The molecule has 2 nitrogen and oxygen atoms in total. The lowest BCUT2D eigenvalue weighted by Gasteiger charge is -2.20. The quantitative estimate of drug-likeness (QED) is 0.782. The number of nitrogens with two attached hydrogens (primary N) is 1. The molecule has 0 aliphatic heterocycles. The fourth-order valence-electron chi connectivity index (χ4n) is 1.76. The van der Waals surface area contributed by atoms with Gasteiger partial charge in [0.05, 0.1) is 10.7 Å². The topological polar surface area (TPSA) is 35.2 Å². The predicted octanol–water partition coefficient (Wildman–Crippen LogP) is 5.01. The predicted molar refractivity (Wildman–Crippen MR) is 81.1 cm³/mol. The number of anilines is 1. The molecule has 0 bridgehead atoms. The Balaban J connectivity index is 2.31. The van der Waals surface area contributed by atoms with Crippen LogP contribution in [0.25, 0.3) is 0 Å². The summed E-state index contributed by atoms with van der Waals surface area (Å²) in [6.45, 7) is 6.50. The highest BCUT2D eigenvalue weighted by Crippen LogP contribution is 2.34. The maximum absolute atomic E-state index is 5.98. The number of hydrogen-bond donors (Lipinski definition) is 1. The molecule has 0 heterocycles. The lowest BCUT2D eigenvalue weighted by molar-refractivity contribution is 0.481. The molecule has 0 amide bonds. The molecule has 0 radical (unpaired) electrons. The van der Waals surface area contributed by atoms with Gasteiger partial charge in [-0.1, -0.05) is 50.6 Å². The van der Waals surface area contributed by atoms with Crippen LogP contribution in [0.3, 0.4) is 0 Å². The van der Waals surface area contributed by atoms with Crippen LogP contribution in [-0.2, 0) is 5.41 Å². The van der Waals surface area contributed by atoms with Crippen molar-refractivity contribution in [2.24, 2.45) is 0 Å². The van der Waals surface area contributed by atoms with Gasteiger partial charge in [-0.15, -0.1) is 0 Å². The summed E-state index contributed by atoms with van der Waals surface area (Å²) < 4.78 is 5.82. The van der Waals surface area contributed by atoms with Gasteiger partial charge >= 0.3 is 0 Å². The van der Waals surface area contributed by atoms with E-state index in [4.69, 9.17) is 22.1 Å². The third-order valence-corrected chi connectivity index (χ3v) is 3.27. The first-order valence-corrected chi connectivity index (χ1v) is 6.58. The highest BCUT2D eigenvalue weighted by molar-refractivity contribution is 6.33. The molecule has 0 saturated heterocycles. The molecule has 2 rings (SSSR count). The molecule has 3 heteroatoms. The standard InChI is InChI=1S/C16H18ClNO/c1-16(2,3)11-6-4-7-12(10-11)19-14-9-5-8-13(17)15(14)18/h4-10H,18H2,1-3H3. The van der Waals surface area contributed by atoms with E-state index in [1.807, 2.05) is 30.3 Å². The molecule has 0 aliphatic carbocycles. The summed E-state index contributed by atoms with van der Waals surface area (Å²) >= 11 is 5.98. The van der Waals surface area contributed by atoms with Crippen molar-refractivity contribution >= 4 is 17.3 Å². The maximum Gasteiger partial charge on any atom is 0.151 e. The van der Waals surface area contributed by atoms with E-state index in [0.29, 0.717) is 16.5 Å². The van der Waals surface area contributed by atoms with Crippen molar-refractivity contribution < 1.29 is 4.74 Å². The van der Waals surface area contributed by atoms with E-state index < -0.39 is 0 Å². The molecule has 0 aliphatic rings. The zero-order valence-electron chi connectivity index (χ0n) is 11.4. The van der Waals surface area contributed by atoms with E-state index in [-0.39, 0.29) is 5.41 Å². The Hall–Kier alpha value is -1.67. The molecule has 0 atom stereocenters. The Labute approximate surface area is 119 Å². The summed E-state index contributed by atoms with van der Waals surface area (Å²) in [5, 5.41) is 0.504. The monoisotopic (exact) mass is 275 g/mol. The first-order chi connectivity index (χ1) is 8.88. The van der Waals surface area contributed by atoms with Crippen molar-refractivity contribution in [3.05, 3.63) is 53.1 Å². The van der Waals surface area contributed by atoms with Gasteiger partial charge < -0.3 is 10.5 Å². The number of nitrogen functional groups attached to an aromatic ring is 1. The van der Waals surface area contributed by atoms with Crippen molar-refractivity contribution in [3.8, 4) is 11.5 Å². The molecule has 19 heavy (non-hydrogen) atoms. The van der Waals surface area contributed by atoms with Gasteiger partial charge in [0.1, 0.15) is 5.75 Å². The van der Waals surface area contributed by atoms with Crippen LogP contribution in [0.5, 0.6) is 11.5 Å². The molecule has 2 aromatic carbocycles. The van der Waals surface area contributed by atoms with Crippen molar-refractivity contribution in [2.75, 3.05) is 5.73 Å². The van der Waals surface area contributed by atoms with Crippen molar-refractivity contribution in [3.63, 3.8) is 0 Å². The number of benzene rings is 2. The number of ether oxygens (including phenoxy) is 1. The van der Waals surface area contributed by atoms with Gasteiger partial charge in [-0.3, -0.25) is 0 Å². The van der Waals surface area contributed by atoms with Crippen molar-refractivity contribution in [1.82, 2.24) is 0 Å². The number of rotatable bonds is 2. The third kappa shape index (κ3) is 3.21. The second kappa shape index (κ2) is 5.14. The molecule has 2 aromatic rings. The van der Waals surface area contributed by atoms with Gasteiger partial charge in [0.2, 0.25) is 0 Å². The molecular weight excluding hydrogens is 258 g/mol. The molecule has 0 saturated carbocycles. The SMILES string of the molecule is CC(C)(C)c1cccc(Oc2cccc(Cl)c2N)c1. The highest BCUT2D eigenvalue weighted by atomic mass is 35.5. The fraction of sp³-hybridized carbons (Fsp3) is 0.250. The van der Waals surface area contributed by atoms with Crippen LogP contribution in [0, 0.1) is 0 Å². The van der Waals surface area contributed by atoms with Crippen LogP contribution in [-0.4, -0.2) is 0 Å². The molecule has 0 unspecified atom stereocenters. The van der Waals surface area contributed by atoms with E-state index >= 15 is 0 Å². The first kappa shape index (κ1) is 13.8. The molecule has 2 N–H and O–H groups in total. The van der Waals surface area contributed by atoms with E-state index in [2.05, 4.69) is 26.8 Å². The minimum Gasteiger partial charge on any atom is -0.455 e. The van der Waals surface area contributed by atoms with E-state index in [0.717, 1.165) is 5.75 Å². The Kier molecular flexibility index (Phi) is 3.72.